The van der Waals surface area contributed by atoms with Gasteiger partial charge in [-0.1, -0.05) is 29.8 Å². The molecule has 4 rings (SSSR count). The monoisotopic (exact) mass is 497 g/mol. The maximum atomic E-state index is 12.6. The largest absolute Gasteiger partial charge is 0.493 e. The van der Waals surface area contributed by atoms with Gasteiger partial charge < -0.3 is 29.0 Å². The van der Waals surface area contributed by atoms with Crippen molar-refractivity contribution < 1.29 is 33.3 Å². The van der Waals surface area contributed by atoms with Gasteiger partial charge in [0.1, 0.15) is 6.61 Å². The van der Waals surface area contributed by atoms with E-state index in [0.717, 1.165) is 11.1 Å². The average molecular weight is 498 g/mol. The first kappa shape index (κ1) is 24.2. The lowest BCUT2D eigenvalue weighted by Gasteiger charge is -2.15. The van der Waals surface area contributed by atoms with Crippen LogP contribution in [0.25, 0.3) is 0 Å². The van der Waals surface area contributed by atoms with E-state index in [0.29, 0.717) is 34.6 Å². The zero-order valence-corrected chi connectivity index (χ0v) is 20.0. The Morgan fingerprint density at radius 1 is 0.971 bits per heavy atom. The Kier molecular flexibility index (Phi) is 7.62. The third-order valence-electron chi connectivity index (χ3n) is 5.26. The van der Waals surface area contributed by atoms with Crippen molar-refractivity contribution in [3.63, 3.8) is 0 Å². The van der Waals surface area contributed by atoms with Gasteiger partial charge in [-0.25, -0.2) is 4.79 Å². The molecule has 3 aromatic rings. The summed E-state index contributed by atoms with van der Waals surface area (Å²) in [5.41, 5.74) is 2.00. The van der Waals surface area contributed by atoms with Crippen LogP contribution >= 0.6 is 11.6 Å². The summed E-state index contributed by atoms with van der Waals surface area (Å²) in [7, 11) is 1.48. The molecular formula is C26H24ClNO7. The molecular weight excluding hydrogens is 474 g/mol. The highest BCUT2D eigenvalue weighted by atomic mass is 35.5. The summed E-state index contributed by atoms with van der Waals surface area (Å²) in [5, 5.41) is 3.39. The Balaban J connectivity index is 1.31. The van der Waals surface area contributed by atoms with E-state index in [9.17, 15) is 9.59 Å². The summed E-state index contributed by atoms with van der Waals surface area (Å²) in [6, 6.07) is 17.4. The Hall–Kier alpha value is -3.91. The molecule has 1 amide bonds. The number of esters is 1. The minimum absolute atomic E-state index is 0.179. The van der Waals surface area contributed by atoms with E-state index < -0.39 is 18.0 Å². The normalized spacial score (nSPS) is 12.5. The van der Waals surface area contributed by atoms with E-state index in [1.54, 1.807) is 36.4 Å². The van der Waals surface area contributed by atoms with E-state index in [-0.39, 0.29) is 18.9 Å². The Morgan fingerprint density at radius 2 is 1.71 bits per heavy atom. The molecule has 0 saturated heterocycles. The fraction of sp³-hybridized carbons (Fsp3) is 0.231. The van der Waals surface area contributed by atoms with Crippen LogP contribution < -0.4 is 24.3 Å². The van der Waals surface area contributed by atoms with Gasteiger partial charge in [-0.2, -0.15) is 0 Å². The summed E-state index contributed by atoms with van der Waals surface area (Å²) in [6.45, 7) is 2.24. The predicted molar refractivity (Wildman–Crippen MR) is 128 cm³/mol. The quantitative estimate of drug-likeness (QED) is 0.434. The van der Waals surface area contributed by atoms with E-state index in [1.807, 2.05) is 18.2 Å². The first-order valence-corrected chi connectivity index (χ1v) is 11.2. The molecule has 1 aliphatic heterocycles. The second kappa shape index (κ2) is 11.0. The SMILES string of the molecule is COc1cc(C(=O)OC(C)C(=O)NCc2ccc3c(c2)OCO3)ccc1OCc1ccc(Cl)cc1. The van der Waals surface area contributed by atoms with Crippen molar-refractivity contribution >= 4 is 23.5 Å². The number of amides is 1. The van der Waals surface area contributed by atoms with Gasteiger partial charge >= 0.3 is 5.97 Å². The predicted octanol–water partition coefficient (Wildman–Crippen LogP) is 4.52. The van der Waals surface area contributed by atoms with Crippen LogP contribution in [0.5, 0.6) is 23.0 Å². The van der Waals surface area contributed by atoms with Gasteiger partial charge in [-0.3, -0.25) is 4.79 Å². The maximum Gasteiger partial charge on any atom is 0.339 e. The van der Waals surface area contributed by atoms with Crippen LogP contribution in [0.15, 0.2) is 60.7 Å². The lowest BCUT2D eigenvalue weighted by molar-refractivity contribution is -0.129. The number of carbonyl (C=O) groups excluding carboxylic acids is 2. The lowest BCUT2D eigenvalue weighted by Crippen LogP contribution is -2.35. The van der Waals surface area contributed by atoms with E-state index in [2.05, 4.69) is 5.32 Å². The van der Waals surface area contributed by atoms with Gasteiger partial charge in [0, 0.05) is 11.6 Å². The van der Waals surface area contributed by atoms with E-state index >= 15 is 0 Å². The molecule has 35 heavy (non-hydrogen) atoms. The highest BCUT2D eigenvalue weighted by molar-refractivity contribution is 6.30. The van der Waals surface area contributed by atoms with Gasteiger partial charge in [-0.15, -0.1) is 0 Å². The zero-order chi connectivity index (χ0) is 24.8. The van der Waals surface area contributed by atoms with Crippen molar-refractivity contribution in [2.24, 2.45) is 0 Å². The third kappa shape index (κ3) is 6.16. The Bertz CT molecular complexity index is 1210. The molecule has 0 fully saturated rings. The number of halogens is 1. The molecule has 0 saturated carbocycles. The van der Waals surface area contributed by atoms with Crippen LogP contribution in [-0.4, -0.2) is 31.9 Å². The number of hydrogen-bond donors (Lipinski definition) is 1. The van der Waals surface area contributed by atoms with Gasteiger partial charge in [-0.05, 0) is 60.5 Å². The number of hydrogen-bond acceptors (Lipinski definition) is 7. The fourth-order valence-electron chi connectivity index (χ4n) is 3.32. The van der Waals surface area contributed by atoms with Crippen molar-refractivity contribution in [2.75, 3.05) is 13.9 Å². The van der Waals surface area contributed by atoms with Crippen LogP contribution in [0.4, 0.5) is 0 Å². The van der Waals surface area contributed by atoms with Gasteiger partial charge in [0.05, 0.1) is 12.7 Å². The molecule has 3 aromatic carbocycles. The van der Waals surface area contributed by atoms with Crippen molar-refractivity contribution in [1.82, 2.24) is 5.32 Å². The molecule has 1 aliphatic rings. The Labute approximate surface area is 207 Å². The molecule has 182 valence electrons. The lowest BCUT2D eigenvalue weighted by atomic mass is 10.2. The number of benzene rings is 3. The Morgan fingerprint density at radius 3 is 2.49 bits per heavy atom. The van der Waals surface area contributed by atoms with Crippen LogP contribution in [0.2, 0.25) is 5.02 Å². The molecule has 9 heteroatoms. The highest BCUT2D eigenvalue weighted by Crippen LogP contribution is 2.32. The average Bonchev–Trinajstić information content (AvgIpc) is 3.34. The molecule has 0 aliphatic carbocycles. The molecule has 8 nitrogen and oxygen atoms in total. The molecule has 1 unspecified atom stereocenters. The molecule has 1 heterocycles. The summed E-state index contributed by atoms with van der Waals surface area (Å²) >= 11 is 5.90. The molecule has 0 aromatic heterocycles. The van der Waals surface area contributed by atoms with Crippen molar-refractivity contribution in [3.05, 3.63) is 82.4 Å². The number of fused-ring (bicyclic) bond motifs is 1. The van der Waals surface area contributed by atoms with Gasteiger partial charge in [0.15, 0.2) is 29.1 Å². The molecule has 0 bridgehead atoms. The van der Waals surface area contributed by atoms with Crippen LogP contribution in [0, 0.1) is 0 Å². The minimum atomic E-state index is -0.997. The molecule has 1 N–H and O–H groups in total. The second-order valence-corrected chi connectivity index (χ2v) is 8.17. The zero-order valence-electron chi connectivity index (χ0n) is 19.2. The summed E-state index contributed by atoms with van der Waals surface area (Å²) < 4.78 is 27.1. The summed E-state index contributed by atoms with van der Waals surface area (Å²) in [4.78, 5) is 25.0. The molecule has 1 atom stereocenters. The maximum absolute atomic E-state index is 12.6. The first-order chi connectivity index (χ1) is 16.9. The standard InChI is InChI=1S/C26H24ClNO7/c1-16(25(29)28-13-18-5-9-22-24(11-18)34-15-33-22)35-26(30)19-6-10-21(23(12-19)31-2)32-14-17-3-7-20(27)8-4-17/h3-12,16H,13-15H2,1-2H3,(H,28,29). The van der Waals surface area contributed by atoms with E-state index in [1.165, 1.54) is 20.1 Å². The highest BCUT2D eigenvalue weighted by Gasteiger charge is 2.21. The van der Waals surface area contributed by atoms with Crippen LogP contribution in [0.3, 0.4) is 0 Å². The van der Waals surface area contributed by atoms with Crippen molar-refractivity contribution in [2.45, 2.75) is 26.2 Å². The number of rotatable bonds is 9. The number of carbonyl (C=O) groups is 2. The second-order valence-electron chi connectivity index (χ2n) is 7.73. The number of methoxy groups -OCH3 is 1. The minimum Gasteiger partial charge on any atom is -0.493 e. The van der Waals surface area contributed by atoms with Gasteiger partial charge in [0.2, 0.25) is 6.79 Å². The third-order valence-corrected chi connectivity index (χ3v) is 5.52. The van der Waals surface area contributed by atoms with Crippen molar-refractivity contribution in [1.29, 1.82) is 0 Å². The molecule has 0 spiro atoms. The first-order valence-electron chi connectivity index (χ1n) is 10.9. The summed E-state index contributed by atoms with van der Waals surface area (Å²) in [5.74, 6) is 1.05. The van der Waals surface area contributed by atoms with Crippen molar-refractivity contribution in [3.8, 4) is 23.0 Å². The molecule has 0 radical (unpaired) electrons. The number of ether oxygens (including phenoxy) is 5. The number of nitrogens with one attached hydrogen (secondary N) is 1. The van der Waals surface area contributed by atoms with Crippen LogP contribution in [-0.2, 0) is 22.7 Å². The fourth-order valence-corrected chi connectivity index (χ4v) is 3.45. The van der Waals surface area contributed by atoms with E-state index in [4.69, 9.17) is 35.3 Å². The van der Waals surface area contributed by atoms with Crippen LogP contribution in [0.1, 0.15) is 28.4 Å². The topological polar surface area (TPSA) is 92.3 Å². The smallest absolute Gasteiger partial charge is 0.339 e. The summed E-state index contributed by atoms with van der Waals surface area (Å²) in [6.07, 6.45) is -0.997. The van der Waals surface area contributed by atoms with Gasteiger partial charge in [0.25, 0.3) is 5.91 Å².